The average molecular weight is 679 g/mol. The largest absolute Gasteiger partial charge is 0.256 e. The van der Waals surface area contributed by atoms with Gasteiger partial charge in [0.2, 0.25) is 0 Å². The molecule has 0 spiro atoms. The number of fused-ring (bicyclic) bond motifs is 5. The van der Waals surface area contributed by atoms with Gasteiger partial charge in [0.25, 0.3) is 0 Å². The zero-order valence-electron chi connectivity index (χ0n) is 10.7. The van der Waals surface area contributed by atoms with Gasteiger partial charge >= 0.3 is 49.9 Å². The molecule has 0 aliphatic rings. The first-order chi connectivity index (χ1) is 10.3. The van der Waals surface area contributed by atoms with E-state index >= 15 is 0 Å². The van der Waals surface area contributed by atoms with E-state index in [-0.39, 0.29) is 0 Å². The Balaban J connectivity index is 0.000000409. The second-order valence-corrected chi connectivity index (χ2v) is 21.0. The van der Waals surface area contributed by atoms with Crippen molar-refractivity contribution in [2.24, 2.45) is 0 Å². The SMILES string of the molecule is [I][Pt][I].c1cnc2c(c1)ccc1ccc3cccnc3c12. The van der Waals surface area contributed by atoms with Crippen molar-refractivity contribution in [3.8, 4) is 0 Å². The second-order valence-electron chi connectivity index (χ2n) is 4.42. The van der Waals surface area contributed by atoms with Gasteiger partial charge in [0.05, 0.1) is 11.0 Å². The van der Waals surface area contributed by atoms with Gasteiger partial charge in [0.1, 0.15) is 0 Å². The van der Waals surface area contributed by atoms with E-state index in [0.29, 0.717) is 11.2 Å². The van der Waals surface area contributed by atoms with Crippen molar-refractivity contribution in [3.63, 3.8) is 0 Å². The fourth-order valence-corrected chi connectivity index (χ4v) is 2.49. The van der Waals surface area contributed by atoms with Gasteiger partial charge in [0.15, 0.2) is 0 Å². The van der Waals surface area contributed by atoms with Gasteiger partial charge in [-0.1, -0.05) is 36.4 Å². The second kappa shape index (κ2) is 7.29. The molecule has 0 fully saturated rings. The van der Waals surface area contributed by atoms with Gasteiger partial charge in [-0.25, -0.2) is 0 Å². The molecule has 4 aromatic rings. The molecule has 0 aliphatic carbocycles. The summed E-state index contributed by atoms with van der Waals surface area (Å²) in [6, 6.07) is 16.6. The molecule has 0 unspecified atom stereocenters. The van der Waals surface area contributed by atoms with Gasteiger partial charge in [-0.2, -0.15) is 0 Å². The van der Waals surface area contributed by atoms with Crippen LogP contribution in [0.1, 0.15) is 0 Å². The summed E-state index contributed by atoms with van der Waals surface area (Å²) < 4.78 is 0. The molecule has 21 heavy (non-hydrogen) atoms. The van der Waals surface area contributed by atoms with E-state index in [2.05, 4.69) is 85.1 Å². The van der Waals surface area contributed by atoms with E-state index in [0.717, 1.165) is 27.2 Å². The summed E-state index contributed by atoms with van der Waals surface area (Å²) in [6.07, 6.45) is 3.67. The third kappa shape index (κ3) is 3.22. The molecule has 0 amide bonds. The van der Waals surface area contributed by atoms with Crippen LogP contribution in [0.2, 0.25) is 0 Å². The predicted octanol–water partition coefficient (Wildman–Crippen LogP) is 5.71. The number of aromatic nitrogens is 2. The molecular weight excluding hydrogens is 669 g/mol. The first-order valence-corrected chi connectivity index (χ1v) is 19.1. The standard InChI is InChI=1S/C16H10N2.2HI.Pt/c1-3-12-7-5-11-6-8-13-4-2-10-18-16(13)14(11)15(12)17-9-1;;;/h1-10H;2*1H;/q;;;+2/p-2. The maximum atomic E-state index is 4.52. The molecule has 0 bridgehead atoms. The Morgan fingerprint density at radius 2 is 1.10 bits per heavy atom. The van der Waals surface area contributed by atoms with E-state index in [1.54, 1.807) is 0 Å². The molecule has 0 atom stereocenters. The summed E-state index contributed by atoms with van der Waals surface area (Å²) in [5.41, 5.74) is 2.05. The molecule has 5 heteroatoms. The molecule has 2 aromatic carbocycles. The maximum absolute atomic E-state index is 4.52. The van der Waals surface area contributed by atoms with Crippen molar-refractivity contribution < 1.29 is 11.2 Å². The normalized spacial score (nSPS) is 10.8. The van der Waals surface area contributed by atoms with E-state index in [4.69, 9.17) is 0 Å². The smallest absolute Gasteiger partial charge is 0.0802 e. The van der Waals surface area contributed by atoms with Crippen molar-refractivity contribution >= 4 is 71.3 Å². The molecule has 108 valence electrons. The van der Waals surface area contributed by atoms with Gasteiger partial charge in [-0.05, 0) is 17.5 Å². The molecule has 2 heterocycles. The fraction of sp³-hybridized carbons (Fsp3) is 0. The Labute approximate surface area is 151 Å². The van der Waals surface area contributed by atoms with Crippen molar-refractivity contribution in [2.75, 3.05) is 0 Å². The van der Waals surface area contributed by atoms with Crippen LogP contribution in [0.3, 0.4) is 0 Å². The molecule has 0 saturated heterocycles. The van der Waals surface area contributed by atoms with Crippen molar-refractivity contribution in [1.29, 1.82) is 0 Å². The first-order valence-electron chi connectivity index (χ1n) is 6.18. The van der Waals surface area contributed by atoms with Crippen LogP contribution in [-0.4, -0.2) is 9.97 Å². The number of pyridine rings is 2. The Morgan fingerprint density at radius 1 is 0.667 bits per heavy atom. The number of hydrogen-bond acceptors (Lipinski definition) is 2. The number of rotatable bonds is 0. The minimum atomic E-state index is 0.523. The van der Waals surface area contributed by atoms with Crippen molar-refractivity contribution in [2.45, 2.75) is 0 Å². The van der Waals surface area contributed by atoms with Crippen LogP contribution < -0.4 is 0 Å². The van der Waals surface area contributed by atoms with Gasteiger partial charge in [-0.15, -0.1) is 0 Å². The fourth-order valence-electron chi connectivity index (χ4n) is 2.49. The molecule has 4 rings (SSSR count). The Hall–Kier alpha value is -0.332. The van der Waals surface area contributed by atoms with Crippen molar-refractivity contribution in [1.82, 2.24) is 9.97 Å². The van der Waals surface area contributed by atoms with Crippen LogP contribution in [0.15, 0.2) is 60.9 Å². The van der Waals surface area contributed by atoms with E-state index in [9.17, 15) is 0 Å². The quantitative estimate of drug-likeness (QED) is 0.176. The third-order valence-corrected chi connectivity index (χ3v) is 3.33. The Bertz CT molecular complexity index is 841. The molecule has 0 aliphatic heterocycles. The predicted molar refractivity (Wildman–Crippen MR) is 103 cm³/mol. The molecule has 2 nitrogen and oxygen atoms in total. The minimum absolute atomic E-state index is 0.523. The summed E-state index contributed by atoms with van der Waals surface area (Å²) in [5, 5.41) is 4.64. The molecule has 0 N–H and O–H groups in total. The number of benzene rings is 2. The van der Waals surface area contributed by atoms with Crippen molar-refractivity contribution in [3.05, 3.63) is 60.9 Å². The zero-order chi connectivity index (χ0) is 14.7. The summed E-state index contributed by atoms with van der Waals surface area (Å²) in [6.45, 7) is 0. The monoisotopic (exact) mass is 679 g/mol. The number of hydrogen-bond donors (Lipinski definition) is 0. The number of halogens is 2. The average Bonchev–Trinajstić information content (AvgIpc) is 2.55. The van der Waals surface area contributed by atoms with Gasteiger partial charge in [0, 0.05) is 28.6 Å². The van der Waals surface area contributed by atoms with Crippen LogP contribution in [0.4, 0.5) is 0 Å². The van der Waals surface area contributed by atoms with Crippen LogP contribution in [-0.2, 0) is 11.2 Å². The topological polar surface area (TPSA) is 25.8 Å². The summed E-state index contributed by atoms with van der Waals surface area (Å²) >= 11 is 5.30. The van der Waals surface area contributed by atoms with Crippen LogP contribution in [0.25, 0.3) is 32.6 Å². The third-order valence-electron chi connectivity index (χ3n) is 3.33. The molecular formula is C16H10I2N2Pt. The summed E-state index contributed by atoms with van der Waals surface area (Å²) in [5.74, 6) is 0. The van der Waals surface area contributed by atoms with E-state index < -0.39 is 0 Å². The molecule has 2 aromatic heterocycles. The van der Waals surface area contributed by atoms with Crippen LogP contribution >= 0.6 is 38.7 Å². The Kier molecular flexibility index (Phi) is 5.40. The maximum Gasteiger partial charge on any atom is 0.0802 e. The zero-order valence-corrected chi connectivity index (χ0v) is 17.3. The first kappa shape index (κ1) is 15.6. The minimum Gasteiger partial charge on any atom is -0.256 e. The Morgan fingerprint density at radius 3 is 1.57 bits per heavy atom. The number of nitrogens with zero attached hydrogens (tertiary/aromatic N) is 2. The van der Waals surface area contributed by atoms with E-state index in [1.165, 1.54) is 5.39 Å². The van der Waals surface area contributed by atoms with E-state index in [1.807, 2.05) is 24.5 Å². The van der Waals surface area contributed by atoms with Crippen LogP contribution in [0.5, 0.6) is 0 Å². The van der Waals surface area contributed by atoms with Gasteiger partial charge < -0.3 is 0 Å². The molecule has 0 saturated carbocycles. The summed E-state index contributed by atoms with van der Waals surface area (Å²) in [7, 11) is 0. The van der Waals surface area contributed by atoms with Gasteiger partial charge in [-0.3, -0.25) is 9.97 Å². The molecule has 0 radical (unpaired) electrons. The van der Waals surface area contributed by atoms with Crippen LogP contribution in [0, 0.1) is 0 Å². The summed E-state index contributed by atoms with van der Waals surface area (Å²) in [4.78, 5) is 9.04.